The maximum Gasteiger partial charge on any atom is 0.328 e. The van der Waals surface area contributed by atoms with Crippen LogP contribution in [0.1, 0.15) is 85.0 Å². The number of ether oxygens (including phenoxy) is 1. The molecule has 148 valence electrons. The fraction of sp³-hybridized carbons (Fsp3) is 0.857. The van der Waals surface area contributed by atoms with Crippen LogP contribution in [0.4, 0.5) is 0 Å². The Morgan fingerprint density at radius 1 is 1.04 bits per heavy atom. The third kappa shape index (κ3) is 5.31. The van der Waals surface area contributed by atoms with Crippen LogP contribution in [0.15, 0.2) is 0 Å². The molecule has 1 atom stereocenters. The normalized spacial score (nSPS) is 21.7. The number of hydrogen-bond donors (Lipinski definition) is 0. The highest BCUT2D eigenvalue weighted by Gasteiger charge is 2.41. The average Bonchev–Trinajstić information content (AvgIpc) is 3.14. The topological polar surface area (TPSA) is 63.7 Å². The second-order valence-electron chi connectivity index (χ2n) is 8.54. The summed E-state index contributed by atoms with van der Waals surface area (Å²) in [5.41, 5.74) is -0.686. The Hall–Kier alpha value is -1.39. The van der Waals surface area contributed by atoms with E-state index in [9.17, 15) is 14.4 Å². The smallest absolute Gasteiger partial charge is 0.328 e. The molecular formula is C21H35NO4. The summed E-state index contributed by atoms with van der Waals surface area (Å²) in [6.07, 6.45) is 10.5. The SMILES string of the molecule is CCC(C)(C)C(=O)C(=O)N1CCC[C@H]1C(=O)OCCCC1CCCCC1. The largest absolute Gasteiger partial charge is 0.464 e. The van der Waals surface area contributed by atoms with Crippen LogP contribution >= 0.6 is 0 Å². The molecule has 0 aromatic carbocycles. The van der Waals surface area contributed by atoms with Crippen LogP contribution in [-0.2, 0) is 19.1 Å². The molecule has 0 unspecified atom stereocenters. The van der Waals surface area contributed by atoms with Crippen LogP contribution in [0.3, 0.4) is 0 Å². The van der Waals surface area contributed by atoms with Gasteiger partial charge in [-0.3, -0.25) is 9.59 Å². The minimum atomic E-state index is -0.686. The van der Waals surface area contributed by atoms with E-state index in [1.54, 1.807) is 13.8 Å². The molecule has 0 spiro atoms. The van der Waals surface area contributed by atoms with Crippen molar-refractivity contribution in [2.24, 2.45) is 11.3 Å². The molecule has 5 nitrogen and oxygen atoms in total. The lowest BCUT2D eigenvalue weighted by atomic mass is 9.84. The van der Waals surface area contributed by atoms with E-state index in [4.69, 9.17) is 4.74 Å². The molecule has 0 bridgehead atoms. The van der Waals surface area contributed by atoms with Gasteiger partial charge in [0, 0.05) is 12.0 Å². The lowest BCUT2D eigenvalue weighted by molar-refractivity contribution is -0.157. The number of esters is 1. The molecule has 1 heterocycles. The molecule has 0 aromatic rings. The summed E-state index contributed by atoms with van der Waals surface area (Å²) in [6, 6.07) is -0.589. The number of carbonyl (C=O) groups excluding carboxylic acids is 3. The van der Waals surface area contributed by atoms with Gasteiger partial charge in [-0.05, 0) is 38.0 Å². The van der Waals surface area contributed by atoms with E-state index in [-0.39, 0.29) is 5.97 Å². The van der Waals surface area contributed by atoms with Crippen molar-refractivity contribution in [3.8, 4) is 0 Å². The Morgan fingerprint density at radius 3 is 2.38 bits per heavy atom. The van der Waals surface area contributed by atoms with E-state index >= 15 is 0 Å². The zero-order valence-electron chi connectivity index (χ0n) is 16.7. The van der Waals surface area contributed by atoms with E-state index < -0.39 is 23.1 Å². The van der Waals surface area contributed by atoms with Crippen molar-refractivity contribution in [3.05, 3.63) is 0 Å². The summed E-state index contributed by atoms with van der Waals surface area (Å²) in [5, 5.41) is 0. The highest BCUT2D eigenvalue weighted by molar-refractivity contribution is 6.38. The molecule has 5 heteroatoms. The number of amides is 1. The van der Waals surface area contributed by atoms with Crippen molar-refractivity contribution in [2.45, 2.75) is 91.0 Å². The Morgan fingerprint density at radius 2 is 1.73 bits per heavy atom. The molecule has 1 aliphatic carbocycles. The van der Waals surface area contributed by atoms with Crippen molar-refractivity contribution in [1.82, 2.24) is 4.90 Å². The first-order valence-electron chi connectivity index (χ1n) is 10.4. The van der Waals surface area contributed by atoms with Gasteiger partial charge in [0.2, 0.25) is 5.78 Å². The molecule has 1 saturated heterocycles. The zero-order valence-corrected chi connectivity index (χ0v) is 16.7. The van der Waals surface area contributed by atoms with Crippen LogP contribution in [0.2, 0.25) is 0 Å². The highest BCUT2D eigenvalue weighted by atomic mass is 16.5. The standard InChI is InChI=1S/C21H35NO4/c1-4-21(2,3)18(23)19(24)22-14-8-13-17(22)20(25)26-15-9-12-16-10-6-5-7-11-16/h16-17H,4-15H2,1-3H3/t17-/m0/s1. The Labute approximate surface area is 157 Å². The molecule has 0 N–H and O–H groups in total. The third-order valence-corrected chi connectivity index (χ3v) is 6.20. The van der Waals surface area contributed by atoms with Gasteiger partial charge in [-0.25, -0.2) is 4.79 Å². The Kier molecular flexibility index (Phi) is 7.66. The molecule has 0 radical (unpaired) electrons. The zero-order chi connectivity index (χ0) is 19.2. The van der Waals surface area contributed by atoms with Crippen LogP contribution in [-0.4, -0.2) is 41.8 Å². The van der Waals surface area contributed by atoms with Crippen molar-refractivity contribution in [2.75, 3.05) is 13.2 Å². The monoisotopic (exact) mass is 365 g/mol. The molecular weight excluding hydrogens is 330 g/mol. The maximum atomic E-state index is 12.6. The van der Waals surface area contributed by atoms with Gasteiger partial charge in [-0.15, -0.1) is 0 Å². The average molecular weight is 366 g/mol. The van der Waals surface area contributed by atoms with Crippen molar-refractivity contribution < 1.29 is 19.1 Å². The first-order valence-corrected chi connectivity index (χ1v) is 10.4. The van der Waals surface area contributed by atoms with Crippen molar-refractivity contribution in [3.63, 3.8) is 0 Å². The van der Waals surface area contributed by atoms with Gasteiger partial charge in [-0.1, -0.05) is 52.9 Å². The highest BCUT2D eigenvalue weighted by Crippen LogP contribution is 2.28. The minimum Gasteiger partial charge on any atom is -0.464 e. The van der Waals surface area contributed by atoms with Gasteiger partial charge in [0.25, 0.3) is 5.91 Å². The fourth-order valence-electron chi connectivity index (χ4n) is 3.95. The van der Waals surface area contributed by atoms with Crippen molar-refractivity contribution in [1.29, 1.82) is 0 Å². The maximum absolute atomic E-state index is 12.6. The van der Waals surface area contributed by atoms with E-state index in [1.807, 2.05) is 6.92 Å². The van der Waals surface area contributed by atoms with E-state index in [2.05, 4.69) is 0 Å². The summed E-state index contributed by atoms with van der Waals surface area (Å²) in [6.45, 7) is 6.34. The van der Waals surface area contributed by atoms with Crippen molar-refractivity contribution >= 4 is 17.7 Å². The second kappa shape index (κ2) is 9.52. The first kappa shape index (κ1) is 20.9. The number of rotatable bonds is 8. The summed E-state index contributed by atoms with van der Waals surface area (Å²) in [5.74, 6) is -0.502. The van der Waals surface area contributed by atoms with Gasteiger partial charge < -0.3 is 9.64 Å². The lowest BCUT2D eigenvalue weighted by Gasteiger charge is -2.27. The number of nitrogens with zero attached hydrogens (tertiary/aromatic N) is 1. The molecule has 0 aromatic heterocycles. The fourth-order valence-corrected chi connectivity index (χ4v) is 3.95. The number of ketones is 1. The van der Waals surface area contributed by atoms with Gasteiger partial charge in [0.05, 0.1) is 6.61 Å². The molecule has 2 aliphatic rings. The molecule has 26 heavy (non-hydrogen) atoms. The summed E-state index contributed by atoms with van der Waals surface area (Å²) in [4.78, 5) is 38.9. The lowest BCUT2D eigenvalue weighted by Crippen LogP contribution is -2.48. The second-order valence-corrected chi connectivity index (χ2v) is 8.54. The third-order valence-electron chi connectivity index (χ3n) is 6.20. The van der Waals surface area contributed by atoms with Crippen LogP contribution in [0, 0.1) is 11.3 Å². The summed E-state index contributed by atoms with van der Waals surface area (Å²) in [7, 11) is 0. The number of hydrogen-bond acceptors (Lipinski definition) is 4. The number of carbonyl (C=O) groups is 3. The quantitative estimate of drug-likeness (QED) is 0.372. The van der Waals surface area contributed by atoms with Gasteiger partial charge in [0.1, 0.15) is 6.04 Å². The summed E-state index contributed by atoms with van der Waals surface area (Å²) < 4.78 is 5.44. The minimum absolute atomic E-state index is 0.346. The summed E-state index contributed by atoms with van der Waals surface area (Å²) >= 11 is 0. The molecule has 2 rings (SSSR count). The van der Waals surface area contributed by atoms with Gasteiger partial charge >= 0.3 is 5.97 Å². The van der Waals surface area contributed by atoms with E-state index in [1.165, 1.54) is 37.0 Å². The van der Waals surface area contributed by atoms with Gasteiger partial charge in [0.15, 0.2) is 0 Å². The predicted octanol–water partition coefficient (Wildman–Crippen LogP) is 3.89. The molecule has 1 aliphatic heterocycles. The molecule has 1 saturated carbocycles. The van der Waals surface area contributed by atoms with Gasteiger partial charge in [-0.2, -0.15) is 0 Å². The predicted molar refractivity (Wildman–Crippen MR) is 101 cm³/mol. The van der Waals surface area contributed by atoms with E-state index in [0.717, 1.165) is 25.2 Å². The Balaban J connectivity index is 1.79. The van der Waals surface area contributed by atoms with E-state index in [0.29, 0.717) is 26.0 Å². The Bertz CT molecular complexity index is 508. The molecule has 2 fully saturated rings. The van der Waals surface area contributed by atoms with Crippen LogP contribution in [0.25, 0.3) is 0 Å². The first-order chi connectivity index (χ1) is 12.4. The molecule has 1 amide bonds. The number of Topliss-reactive ketones (excluding diaryl/α,β-unsaturated/α-hetero) is 1. The number of likely N-dealkylation sites (tertiary alicyclic amines) is 1. The van der Waals surface area contributed by atoms with Crippen LogP contribution < -0.4 is 0 Å². The van der Waals surface area contributed by atoms with Crippen LogP contribution in [0.5, 0.6) is 0 Å².